The number of hydrogen-bond donors (Lipinski definition) is 0. The van der Waals surface area contributed by atoms with E-state index in [2.05, 4.69) is 20.8 Å². The molecule has 6 heteroatoms. The van der Waals surface area contributed by atoms with Crippen LogP contribution in [0, 0.1) is 0 Å². The van der Waals surface area contributed by atoms with Crippen molar-refractivity contribution in [3.8, 4) is 0 Å². The molecule has 6 nitrogen and oxygen atoms in total. The van der Waals surface area contributed by atoms with E-state index >= 15 is 0 Å². The van der Waals surface area contributed by atoms with E-state index in [0.29, 0.717) is 19.3 Å². The average Bonchev–Trinajstić information content (AvgIpc) is 3.47. The molecule has 1 atom stereocenters. The number of esters is 3. The minimum absolute atomic E-state index is 0.0598. The molecule has 0 aromatic carbocycles. The van der Waals surface area contributed by atoms with Gasteiger partial charge in [0, 0.05) is 19.3 Å². The van der Waals surface area contributed by atoms with Gasteiger partial charge in [-0.2, -0.15) is 0 Å². The van der Waals surface area contributed by atoms with Crippen LogP contribution in [0.4, 0.5) is 0 Å². The average molecular weight is 1140 g/mol. The van der Waals surface area contributed by atoms with Gasteiger partial charge in [0.2, 0.25) is 0 Å². The van der Waals surface area contributed by atoms with Gasteiger partial charge in [0.05, 0.1) is 0 Å². The minimum Gasteiger partial charge on any atom is -0.462 e. The molecule has 0 aliphatic carbocycles. The Morgan fingerprint density at radius 2 is 0.333 bits per heavy atom. The number of ether oxygens (including phenoxy) is 3. The van der Waals surface area contributed by atoms with Crippen molar-refractivity contribution in [3.63, 3.8) is 0 Å². The van der Waals surface area contributed by atoms with Gasteiger partial charge in [0.1, 0.15) is 13.2 Å². The van der Waals surface area contributed by atoms with Crippen molar-refractivity contribution in [1.82, 2.24) is 0 Å². The summed E-state index contributed by atoms with van der Waals surface area (Å²) in [6, 6.07) is 0. The van der Waals surface area contributed by atoms with Gasteiger partial charge in [0.15, 0.2) is 6.10 Å². The molecule has 0 saturated heterocycles. The lowest BCUT2D eigenvalue weighted by atomic mass is 10.0. The molecule has 0 radical (unpaired) electrons. The van der Waals surface area contributed by atoms with Crippen molar-refractivity contribution < 1.29 is 28.6 Å². The molecule has 0 bridgehead atoms. The number of unbranched alkanes of at least 4 members (excludes halogenated alkanes) is 60. The van der Waals surface area contributed by atoms with Gasteiger partial charge < -0.3 is 14.2 Å². The topological polar surface area (TPSA) is 78.9 Å². The first-order valence-electron chi connectivity index (χ1n) is 37.5. The first-order valence-corrected chi connectivity index (χ1v) is 37.5. The second-order valence-electron chi connectivity index (χ2n) is 25.9. The molecule has 1 unspecified atom stereocenters. The molecule has 0 fully saturated rings. The quantitative estimate of drug-likeness (QED) is 0.0343. The fourth-order valence-electron chi connectivity index (χ4n) is 12.0. The number of hydrogen-bond acceptors (Lipinski definition) is 6. The third kappa shape index (κ3) is 69.1. The Bertz CT molecular complexity index is 1220. The summed E-state index contributed by atoms with van der Waals surface area (Å²) >= 11 is 0. The molecular weight excluding hydrogens is 997 g/mol. The first-order chi connectivity index (χ1) is 40.0. The van der Waals surface area contributed by atoms with Crippen molar-refractivity contribution in [2.75, 3.05) is 13.2 Å². The van der Waals surface area contributed by atoms with Crippen LogP contribution in [0.25, 0.3) is 0 Å². The van der Waals surface area contributed by atoms with E-state index in [9.17, 15) is 14.4 Å². The molecule has 0 aromatic heterocycles. The van der Waals surface area contributed by atoms with Crippen LogP contribution in [0.15, 0.2) is 0 Å². The lowest BCUT2D eigenvalue weighted by Crippen LogP contribution is -2.30. The summed E-state index contributed by atoms with van der Waals surface area (Å²) in [7, 11) is 0. The molecule has 0 rings (SSSR count). The van der Waals surface area contributed by atoms with Gasteiger partial charge in [-0.3, -0.25) is 14.4 Å². The predicted molar refractivity (Wildman–Crippen MR) is 354 cm³/mol. The van der Waals surface area contributed by atoms with Crippen LogP contribution in [0.5, 0.6) is 0 Å². The molecule has 0 spiro atoms. The van der Waals surface area contributed by atoms with Crippen LogP contribution < -0.4 is 0 Å². The zero-order valence-corrected chi connectivity index (χ0v) is 55.6. The van der Waals surface area contributed by atoms with E-state index in [-0.39, 0.29) is 31.1 Å². The van der Waals surface area contributed by atoms with E-state index < -0.39 is 6.10 Å². The standard InChI is InChI=1S/C75H146O6/c1-4-7-10-13-16-19-22-25-28-31-34-36-37-38-40-41-44-47-50-53-56-59-62-65-68-74(77)80-71-72(70-79-73(76)67-64-61-58-55-52-49-46-43-33-30-27-24-21-18-15-12-9-6-3)81-75(78)69-66-63-60-57-54-51-48-45-42-39-35-32-29-26-23-20-17-14-11-8-5-2/h72H,4-71H2,1-3H3. The van der Waals surface area contributed by atoms with Gasteiger partial charge in [-0.15, -0.1) is 0 Å². The highest BCUT2D eigenvalue weighted by atomic mass is 16.6. The van der Waals surface area contributed by atoms with Crippen LogP contribution in [-0.4, -0.2) is 37.2 Å². The maximum absolute atomic E-state index is 13.0. The van der Waals surface area contributed by atoms with Crippen molar-refractivity contribution in [1.29, 1.82) is 0 Å². The highest BCUT2D eigenvalue weighted by molar-refractivity contribution is 5.71. The van der Waals surface area contributed by atoms with Crippen LogP contribution in [0.2, 0.25) is 0 Å². The fraction of sp³-hybridized carbons (Fsp3) is 0.960. The molecule has 0 saturated carbocycles. The van der Waals surface area contributed by atoms with Gasteiger partial charge in [-0.1, -0.05) is 406 Å². The van der Waals surface area contributed by atoms with Crippen LogP contribution >= 0.6 is 0 Å². The zero-order chi connectivity index (χ0) is 58.5. The monoisotopic (exact) mass is 1140 g/mol. The maximum atomic E-state index is 13.0. The van der Waals surface area contributed by atoms with Crippen molar-refractivity contribution in [2.45, 2.75) is 451 Å². The minimum atomic E-state index is -0.764. The molecule has 0 N–H and O–H groups in total. The predicted octanol–water partition coefficient (Wildman–Crippen LogP) is 25.8. The second-order valence-corrected chi connectivity index (χ2v) is 25.9. The number of carbonyl (C=O) groups excluding carboxylic acids is 3. The maximum Gasteiger partial charge on any atom is 0.306 e. The lowest BCUT2D eigenvalue weighted by Gasteiger charge is -2.18. The van der Waals surface area contributed by atoms with Crippen LogP contribution in [0.3, 0.4) is 0 Å². The summed E-state index contributed by atoms with van der Waals surface area (Å²) in [5.74, 6) is -0.814. The third-order valence-corrected chi connectivity index (χ3v) is 17.6. The number of rotatable bonds is 71. The van der Waals surface area contributed by atoms with E-state index in [0.717, 1.165) is 57.8 Å². The Balaban J connectivity index is 4.24. The van der Waals surface area contributed by atoms with E-state index in [4.69, 9.17) is 14.2 Å². The van der Waals surface area contributed by atoms with Gasteiger partial charge >= 0.3 is 17.9 Å². The van der Waals surface area contributed by atoms with Crippen molar-refractivity contribution >= 4 is 17.9 Å². The van der Waals surface area contributed by atoms with Gasteiger partial charge in [0.25, 0.3) is 0 Å². The molecule has 0 aliphatic heterocycles. The summed E-state index contributed by atoms with van der Waals surface area (Å²) in [6.07, 6.45) is 84.3. The Kier molecular flexibility index (Phi) is 69.5. The summed E-state index contributed by atoms with van der Waals surface area (Å²) in [5, 5.41) is 0. The largest absolute Gasteiger partial charge is 0.462 e. The Labute approximate surface area is 508 Å². The van der Waals surface area contributed by atoms with Crippen LogP contribution in [0.1, 0.15) is 445 Å². The van der Waals surface area contributed by atoms with Gasteiger partial charge in [-0.25, -0.2) is 0 Å². The summed E-state index contributed by atoms with van der Waals surface area (Å²) in [4.78, 5) is 38.5. The number of carbonyl (C=O) groups is 3. The SMILES string of the molecule is CCCCCCCCCCCCCCCCCCCCCCCCCCC(=O)OCC(COC(=O)CCCCCCCCCCCCCCCCCCCC)OC(=O)CCCCCCCCCCCCCCCCCCCCCCC. The van der Waals surface area contributed by atoms with E-state index in [1.807, 2.05) is 0 Å². The van der Waals surface area contributed by atoms with Crippen molar-refractivity contribution in [3.05, 3.63) is 0 Å². The van der Waals surface area contributed by atoms with E-state index in [1.54, 1.807) is 0 Å². The zero-order valence-electron chi connectivity index (χ0n) is 55.6. The molecular formula is C75H146O6. The molecule has 0 heterocycles. The Morgan fingerprint density at radius 1 is 0.198 bits per heavy atom. The highest BCUT2D eigenvalue weighted by Crippen LogP contribution is 2.20. The van der Waals surface area contributed by atoms with Crippen LogP contribution in [-0.2, 0) is 28.6 Å². The summed E-state index contributed by atoms with van der Waals surface area (Å²) < 4.78 is 17.1. The van der Waals surface area contributed by atoms with Crippen molar-refractivity contribution in [2.24, 2.45) is 0 Å². The summed E-state index contributed by atoms with van der Waals surface area (Å²) in [6.45, 7) is 6.76. The Morgan fingerprint density at radius 3 is 0.494 bits per heavy atom. The van der Waals surface area contributed by atoms with Gasteiger partial charge in [-0.05, 0) is 19.3 Å². The third-order valence-electron chi connectivity index (χ3n) is 17.6. The highest BCUT2D eigenvalue weighted by Gasteiger charge is 2.20. The fourth-order valence-corrected chi connectivity index (χ4v) is 12.0. The lowest BCUT2D eigenvalue weighted by molar-refractivity contribution is -0.167. The smallest absolute Gasteiger partial charge is 0.306 e. The normalized spacial score (nSPS) is 11.9. The molecule has 0 aromatic rings. The first kappa shape index (κ1) is 79.4. The summed E-state index contributed by atoms with van der Waals surface area (Å²) in [5.41, 5.74) is 0. The second kappa shape index (κ2) is 70.9. The Hall–Kier alpha value is -1.59. The molecule has 482 valence electrons. The molecule has 0 amide bonds. The van der Waals surface area contributed by atoms with E-state index in [1.165, 1.54) is 347 Å². The molecule has 0 aliphatic rings. The molecule has 81 heavy (non-hydrogen) atoms.